The molecule has 2 aromatic rings. The minimum Gasteiger partial charge on any atom is -0.497 e. The van der Waals surface area contributed by atoms with Gasteiger partial charge in [0, 0.05) is 12.1 Å². The van der Waals surface area contributed by atoms with Crippen molar-refractivity contribution in [3.05, 3.63) is 65.2 Å². The lowest BCUT2D eigenvalue weighted by Gasteiger charge is -2.34. The molecule has 0 heterocycles. The summed E-state index contributed by atoms with van der Waals surface area (Å²) in [6.07, 6.45) is -0.702. The van der Waals surface area contributed by atoms with Gasteiger partial charge < -0.3 is 25.0 Å². The SMILES string of the molecule is COc1ccc(CN(C(=O)CNC(=O)OC(C)(C)C)C(C(=O)NC(C)(C)C)c2ccc(C(C)C)cc2)cc1. The van der Waals surface area contributed by atoms with Crippen LogP contribution in [0.15, 0.2) is 48.5 Å². The summed E-state index contributed by atoms with van der Waals surface area (Å²) in [5.74, 6) is 0.271. The molecule has 0 radical (unpaired) electrons. The van der Waals surface area contributed by atoms with Crippen molar-refractivity contribution in [2.45, 2.75) is 85.0 Å². The molecule has 8 heteroatoms. The van der Waals surface area contributed by atoms with Crippen molar-refractivity contribution in [1.82, 2.24) is 15.5 Å². The van der Waals surface area contributed by atoms with Crippen LogP contribution in [0.2, 0.25) is 0 Å². The van der Waals surface area contributed by atoms with E-state index in [2.05, 4.69) is 24.5 Å². The normalized spacial score (nSPS) is 12.5. The molecule has 1 unspecified atom stereocenters. The van der Waals surface area contributed by atoms with Crippen molar-refractivity contribution in [3.8, 4) is 5.75 Å². The maximum atomic E-state index is 13.7. The molecule has 0 bridgehead atoms. The average molecular weight is 526 g/mol. The number of rotatable bonds is 9. The summed E-state index contributed by atoms with van der Waals surface area (Å²) in [5.41, 5.74) is 1.39. The summed E-state index contributed by atoms with van der Waals surface area (Å²) in [4.78, 5) is 41.1. The second-order valence-electron chi connectivity index (χ2n) is 11.7. The maximum absolute atomic E-state index is 13.7. The fourth-order valence-electron chi connectivity index (χ4n) is 3.79. The maximum Gasteiger partial charge on any atom is 0.408 e. The minimum atomic E-state index is -0.925. The number of carbonyl (C=O) groups is 3. The van der Waals surface area contributed by atoms with Crippen molar-refractivity contribution in [3.63, 3.8) is 0 Å². The van der Waals surface area contributed by atoms with Gasteiger partial charge in [0.2, 0.25) is 11.8 Å². The number of nitrogens with one attached hydrogen (secondary N) is 2. The molecule has 38 heavy (non-hydrogen) atoms. The summed E-state index contributed by atoms with van der Waals surface area (Å²) in [6, 6.07) is 14.1. The average Bonchev–Trinajstić information content (AvgIpc) is 2.80. The first-order valence-corrected chi connectivity index (χ1v) is 12.9. The van der Waals surface area contributed by atoms with E-state index in [9.17, 15) is 14.4 Å². The summed E-state index contributed by atoms with van der Waals surface area (Å²) in [7, 11) is 1.58. The van der Waals surface area contributed by atoms with E-state index in [0.717, 1.165) is 11.1 Å². The van der Waals surface area contributed by atoms with Crippen LogP contribution in [0.25, 0.3) is 0 Å². The van der Waals surface area contributed by atoms with Crippen LogP contribution >= 0.6 is 0 Å². The smallest absolute Gasteiger partial charge is 0.408 e. The first-order chi connectivity index (χ1) is 17.6. The van der Waals surface area contributed by atoms with Crippen molar-refractivity contribution in [2.75, 3.05) is 13.7 Å². The van der Waals surface area contributed by atoms with Crippen LogP contribution in [0.1, 0.15) is 84.0 Å². The molecular weight excluding hydrogens is 482 g/mol. The van der Waals surface area contributed by atoms with E-state index in [4.69, 9.17) is 9.47 Å². The number of benzene rings is 2. The number of alkyl carbamates (subject to hydrolysis) is 1. The summed E-state index contributed by atoms with van der Waals surface area (Å²) < 4.78 is 10.6. The molecule has 0 aromatic heterocycles. The highest BCUT2D eigenvalue weighted by Gasteiger charge is 2.33. The predicted molar refractivity (Wildman–Crippen MR) is 149 cm³/mol. The molecule has 2 N–H and O–H groups in total. The molecule has 0 saturated carbocycles. The Hall–Kier alpha value is -3.55. The number of nitrogens with zero attached hydrogens (tertiary/aromatic N) is 1. The van der Waals surface area contributed by atoms with Crippen molar-refractivity contribution < 1.29 is 23.9 Å². The standard InChI is InChI=1S/C30H43N3O5/c1-20(2)22-12-14-23(15-13-22)26(27(35)32-29(3,4)5)33(19-21-10-16-24(37-9)17-11-21)25(34)18-31-28(36)38-30(6,7)8/h10-17,20,26H,18-19H2,1-9H3,(H,31,36)(H,32,35). The first-order valence-electron chi connectivity index (χ1n) is 12.9. The minimum absolute atomic E-state index is 0.146. The van der Waals surface area contributed by atoms with Gasteiger partial charge in [0.1, 0.15) is 23.9 Å². The highest BCUT2D eigenvalue weighted by molar-refractivity contribution is 5.90. The zero-order valence-electron chi connectivity index (χ0n) is 24.2. The van der Waals surface area contributed by atoms with E-state index in [1.54, 1.807) is 40.0 Å². The van der Waals surface area contributed by atoms with E-state index in [1.165, 1.54) is 4.90 Å². The van der Waals surface area contributed by atoms with Gasteiger partial charge in [-0.05, 0) is 76.3 Å². The highest BCUT2D eigenvalue weighted by atomic mass is 16.6. The topological polar surface area (TPSA) is 97.0 Å². The third-order valence-electron chi connectivity index (χ3n) is 5.59. The van der Waals surface area contributed by atoms with Gasteiger partial charge >= 0.3 is 6.09 Å². The van der Waals surface area contributed by atoms with Crippen LogP contribution in [0.5, 0.6) is 5.75 Å². The van der Waals surface area contributed by atoms with Gasteiger partial charge in [-0.3, -0.25) is 9.59 Å². The van der Waals surface area contributed by atoms with Crippen molar-refractivity contribution in [2.24, 2.45) is 0 Å². The van der Waals surface area contributed by atoms with Crippen LogP contribution in [-0.4, -0.2) is 47.6 Å². The Labute approximate surface area is 227 Å². The third-order valence-corrected chi connectivity index (χ3v) is 5.59. The molecule has 8 nitrogen and oxygen atoms in total. The third kappa shape index (κ3) is 9.72. The number of ether oxygens (including phenoxy) is 2. The Bertz CT molecular complexity index is 1080. The molecule has 0 fully saturated rings. The van der Waals surface area contributed by atoms with Crippen LogP contribution < -0.4 is 15.4 Å². The number of methoxy groups -OCH3 is 1. The lowest BCUT2D eigenvalue weighted by atomic mass is 9.96. The van der Waals surface area contributed by atoms with Crippen LogP contribution in [0, 0.1) is 0 Å². The van der Waals surface area contributed by atoms with Crippen molar-refractivity contribution >= 4 is 17.9 Å². The van der Waals surface area contributed by atoms with Gasteiger partial charge in [-0.1, -0.05) is 50.2 Å². The Balaban J connectivity index is 2.49. The Morgan fingerprint density at radius 1 is 0.868 bits per heavy atom. The van der Waals surface area contributed by atoms with Crippen LogP contribution in [0.3, 0.4) is 0 Å². The van der Waals surface area contributed by atoms with Gasteiger partial charge in [0.25, 0.3) is 0 Å². The Kier molecular flexibility index (Phi) is 10.3. The molecule has 0 aliphatic heterocycles. The summed E-state index contributed by atoms with van der Waals surface area (Å²) in [5, 5.41) is 5.56. The lowest BCUT2D eigenvalue weighted by molar-refractivity contribution is -0.141. The zero-order chi connectivity index (χ0) is 28.7. The fourth-order valence-corrected chi connectivity index (χ4v) is 3.79. The number of hydrogen-bond acceptors (Lipinski definition) is 5. The molecule has 3 amide bonds. The Morgan fingerprint density at radius 3 is 1.89 bits per heavy atom. The zero-order valence-corrected chi connectivity index (χ0v) is 24.2. The second-order valence-corrected chi connectivity index (χ2v) is 11.7. The fraction of sp³-hybridized carbons (Fsp3) is 0.500. The van der Waals surface area contributed by atoms with E-state index >= 15 is 0 Å². The highest BCUT2D eigenvalue weighted by Crippen LogP contribution is 2.27. The molecule has 2 aromatic carbocycles. The molecule has 1 atom stereocenters. The van der Waals surface area contributed by atoms with E-state index in [1.807, 2.05) is 57.2 Å². The number of carbonyl (C=O) groups excluding carboxylic acids is 3. The molecule has 2 rings (SSSR count). The van der Waals surface area contributed by atoms with Gasteiger partial charge in [-0.25, -0.2) is 4.79 Å². The van der Waals surface area contributed by atoms with Crippen LogP contribution in [0.4, 0.5) is 4.79 Å². The quantitative estimate of drug-likeness (QED) is 0.461. The van der Waals surface area contributed by atoms with E-state index in [0.29, 0.717) is 17.2 Å². The van der Waals surface area contributed by atoms with Gasteiger partial charge in [0.05, 0.1) is 7.11 Å². The van der Waals surface area contributed by atoms with Gasteiger partial charge in [-0.15, -0.1) is 0 Å². The Morgan fingerprint density at radius 2 is 1.42 bits per heavy atom. The molecule has 0 aliphatic rings. The van der Waals surface area contributed by atoms with Crippen LogP contribution in [-0.2, 0) is 20.9 Å². The summed E-state index contributed by atoms with van der Waals surface area (Å²) >= 11 is 0. The second kappa shape index (κ2) is 12.8. The molecule has 0 aliphatic carbocycles. The van der Waals surface area contributed by atoms with E-state index < -0.39 is 29.2 Å². The number of hydrogen-bond donors (Lipinski definition) is 2. The molecule has 0 spiro atoms. The summed E-state index contributed by atoms with van der Waals surface area (Å²) in [6.45, 7) is 14.9. The molecule has 208 valence electrons. The predicted octanol–water partition coefficient (Wildman–Crippen LogP) is 5.33. The molecule has 0 saturated heterocycles. The van der Waals surface area contributed by atoms with E-state index in [-0.39, 0.29) is 19.0 Å². The lowest BCUT2D eigenvalue weighted by Crippen LogP contribution is -2.51. The monoisotopic (exact) mass is 525 g/mol. The largest absolute Gasteiger partial charge is 0.497 e. The molecular formula is C30H43N3O5. The number of amides is 3. The van der Waals surface area contributed by atoms with Gasteiger partial charge in [0.15, 0.2) is 0 Å². The van der Waals surface area contributed by atoms with Crippen molar-refractivity contribution in [1.29, 1.82) is 0 Å². The van der Waals surface area contributed by atoms with Gasteiger partial charge in [-0.2, -0.15) is 0 Å². The first kappa shape index (κ1) is 30.7.